The third-order valence-electron chi connectivity index (χ3n) is 1.19. The largest absolute Gasteiger partial charge is 0.478 e. The second kappa shape index (κ2) is 4.18. The molecule has 1 heterocycles. The minimum atomic E-state index is -2.56. The lowest BCUT2D eigenvalue weighted by molar-refractivity contribution is 0.0696. The molecule has 1 aromatic rings. The van der Waals surface area contributed by atoms with Crippen LogP contribution >= 0.6 is 11.8 Å². The summed E-state index contributed by atoms with van der Waals surface area (Å²) in [5, 5.41) is 8.51. The Labute approximate surface area is 76.8 Å². The van der Waals surface area contributed by atoms with E-state index in [0.29, 0.717) is 0 Å². The number of aromatic nitrogens is 1. The number of carboxylic acids is 1. The molecule has 6 heteroatoms. The molecule has 0 amide bonds. The van der Waals surface area contributed by atoms with Crippen LogP contribution in [-0.2, 0) is 0 Å². The van der Waals surface area contributed by atoms with Crippen LogP contribution in [0.1, 0.15) is 10.4 Å². The Morgan fingerprint density at radius 3 is 2.77 bits per heavy atom. The van der Waals surface area contributed by atoms with Gasteiger partial charge in [-0.15, -0.1) is 0 Å². The summed E-state index contributed by atoms with van der Waals surface area (Å²) < 4.78 is 23.7. The lowest BCUT2D eigenvalue weighted by Crippen LogP contribution is -1.97. The number of halogens is 2. The summed E-state index contributed by atoms with van der Waals surface area (Å²) in [6.07, 6.45) is 2.31. The number of pyridine rings is 1. The highest BCUT2D eigenvalue weighted by Gasteiger charge is 2.08. The summed E-state index contributed by atoms with van der Waals surface area (Å²) in [7, 11) is 0. The molecule has 70 valence electrons. The fraction of sp³-hybridized carbons (Fsp3) is 0.143. The van der Waals surface area contributed by atoms with Crippen molar-refractivity contribution in [1.29, 1.82) is 0 Å². The van der Waals surface area contributed by atoms with Gasteiger partial charge in [0.25, 0.3) is 5.76 Å². The van der Waals surface area contributed by atoms with Gasteiger partial charge in [-0.2, -0.15) is 8.78 Å². The molecular formula is C7H5F2NO2S. The first-order chi connectivity index (χ1) is 6.09. The Morgan fingerprint density at radius 1 is 1.54 bits per heavy atom. The highest BCUT2D eigenvalue weighted by molar-refractivity contribution is 7.99. The molecule has 1 rings (SSSR count). The minimum absolute atomic E-state index is 0.0920. The number of carbonyl (C=O) groups is 1. The van der Waals surface area contributed by atoms with E-state index in [1.807, 2.05) is 0 Å². The van der Waals surface area contributed by atoms with E-state index >= 15 is 0 Å². The number of aromatic carboxylic acids is 1. The molecular weight excluding hydrogens is 200 g/mol. The molecule has 0 atom stereocenters. The van der Waals surface area contributed by atoms with Gasteiger partial charge in [0.15, 0.2) is 0 Å². The zero-order valence-electron chi connectivity index (χ0n) is 6.28. The van der Waals surface area contributed by atoms with E-state index in [4.69, 9.17) is 5.11 Å². The topological polar surface area (TPSA) is 50.2 Å². The van der Waals surface area contributed by atoms with Crippen LogP contribution in [0.5, 0.6) is 0 Å². The minimum Gasteiger partial charge on any atom is -0.478 e. The molecule has 0 spiro atoms. The van der Waals surface area contributed by atoms with Gasteiger partial charge in [-0.1, -0.05) is 11.8 Å². The predicted molar refractivity (Wildman–Crippen MR) is 43.1 cm³/mol. The number of hydrogen-bond acceptors (Lipinski definition) is 3. The van der Waals surface area contributed by atoms with Crippen LogP contribution in [0.25, 0.3) is 0 Å². The van der Waals surface area contributed by atoms with Gasteiger partial charge < -0.3 is 5.11 Å². The number of hydrogen-bond donors (Lipinski definition) is 1. The van der Waals surface area contributed by atoms with Gasteiger partial charge in [0.05, 0.1) is 5.56 Å². The van der Waals surface area contributed by atoms with Crippen molar-refractivity contribution in [3.63, 3.8) is 0 Å². The Balaban J connectivity index is 2.85. The first-order valence-corrected chi connectivity index (χ1v) is 4.10. The first-order valence-electron chi connectivity index (χ1n) is 3.23. The summed E-state index contributed by atoms with van der Waals surface area (Å²) >= 11 is 0.271. The normalized spacial score (nSPS) is 10.4. The SMILES string of the molecule is O=C(O)c1cncc(SC(F)F)c1. The highest BCUT2D eigenvalue weighted by atomic mass is 32.2. The Bertz CT molecular complexity index is 319. The van der Waals surface area contributed by atoms with E-state index in [9.17, 15) is 13.6 Å². The molecule has 0 saturated carbocycles. The van der Waals surface area contributed by atoms with Gasteiger partial charge in [-0.05, 0) is 6.07 Å². The van der Waals surface area contributed by atoms with E-state index in [2.05, 4.69) is 4.98 Å². The fourth-order valence-electron chi connectivity index (χ4n) is 0.703. The smallest absolute Gasteiger partial charge is 0.337 e. The maximum Gasteiger partial charge on any atom is 0.337 e. The van der Waals surface area contributed by atoms with Crippen LogP contribution in [0.3, 0.4) is 0 Å². The van der Waals surface area contributed by atoms with Crippen LogP contribution in [-0.4, -0.2) is 21.8 Å². The fourth-order valence-corrected chi connectivity index (χ4v) is 1.23. The number of rotatable bonds is 3. The Morgan fingerprint density at radius 2 is 2.23 bits per heavy atom. The molecule has 0 aromatic carbocycles. The summed E-state index contributed by atoms with van der Waals surface area (Å²) in [5.41, 5.74) is -0.0920. The second-order valence-electron chi connectivity index (χ2n) is 2.09. The lowest BCUT2D eigenvalue weighted by atomic mass is 10.3. The Hall–Kier alpha value is -1.17. The summed E-state index contributed by atoms with van der Waals surface area (Å²) in [4.78, 5) is 14.1. The average molecular weight is 205 g/mol. The Kier molecular flexibility index (Phi) is 3.18. The van der Waals surface area contributed by atoms with Crippen LogP contribution in [0.4, 0.5) is 8.78 Å². The van der Waals surface area contributed by atoms with Crippen molar-refractivity contribution >= 4 is 17.7 Å². The maximum absolute atomic E-state index is 11.8. The first kappa shape index (κ1) is 9.91. The maximum atomic E-state index is 11.8. The molecule has 0 radical (unpaired) electrons. The van der Waals surface area contributed by atoms with Crippen LogP contribution in [0.2, 0.25) is 0 Å². The van der Waals surface area contributed by atoms with E-state index in [-0.39, 0.29) is 22.2 Å². The van der Waals surface area contributed by atoms with Gasteiger partial charge in [-0.3, -0.25) is 4.98 Å². The molecule has 1 aromatic heterocycles. The van der Waals surface area contributed by atoms with E-state index in [0.717, 1.165) is 12.3 Å². The predicted octanol–water partition coefficient (Wildman–Crippen LogP) is 2.09. The summed E-state index contributed by atoms with van der Waals surface area (Å²) in [6, 6.07) is 1.16. The second-order valence-corrected chi connectivity index (χ2v) is 3.16. The van der Waals surface area contributed by atoms with Crippen molar-refractivity contribution in [3.8, 4) is 0 Å². The van der Waals surface area contributed by atoms with Gasteiger partial charge in [-0.25, -0.2) is 4.79 Å². The zero-order chi connectivity index (χ0) is 9.84. The molecule has 0 bridgehead atoms. The third kappa shape index (κ3) is 2.98. The molecule has 0 unspecified atom stereocenters. The average Bonchev–Trinajstić information content (AvgIpc) is 2.03. The van der Waals surface area contributed by atoms with Crippen molar-refractivity contribution in [2.24, 2.45) is 0 Å². The summed E-state index contributed by atoms with van der Waals surface area (Å²) in [6.45, 7) is 0. The molecule has 0 fully saturated rings. The van der Waals surface area contributed by atoms with Gasteiger partial charge in [0.2, 0.25) is 0 Å². The van der Waals surface area contributed by atoms with Crippen LogP contribution < -0.4 is 0 Å². The molecule has 0 aliphatic heterocycles. The number of thioether (sulfide) groups is 1. The van der Waals surface area contributed by atoms with Crippen LogP contribution in [0, 0.1) is 0 Å². The highest BCUT2D eigenvalue weighted by Crippen LogP contribution is 2.24. The van der Waals surface area contributed by atoms with Crippen molar-refractivity contribution in [1.82, 2.24) is 4.98 Å². The van der Waals surface area contributed by atoms with E-state index < -0.39 is 11.7 Å². The van der Waals surface area contributed by atoms with Crippen LogP contribution in [0.15, 0.2) is 23.4 Å². The molecule has 0 aliphatic carbocycles. The van der Waals surface area contributed by atoms with Gasteiger partial charge in [0.1, 0.15) is 0 Å². The molecule has 1 N–H and O–H groups in total. The van der Waals surface area contributed by atoms with Gasteiger partial charge in [0, 0.05) is 17.3 Å². The molecule has 3 nitrogen and oxygen atoms in total. The quantitative estimate of drug-likeness (QED) is 0.767. The monoisotopic (exact) mass is 205 g/mol. The van der Waals surface area contributed by atoms with Gasteiger partial charge >= 0.3 is 5.97 Å². The number of nitrogens with zero attached hydrogens (tertiary/aromatic N) is 1. The number of carboxylic acid groups (broad SMARTS) is 1. The van der Waals surface area contributed by atoms with Crippen molar-refractivity contribution < 1.29 is 18.7 Å². The van der Waals surface area contributed by atoms with Crippen molar-refractivity contribution in [2.45, 2.75) is 10.7 Å². The molecule has 13 heavy (non-hydrogen) atoms. The van der Waals surface area contributed by atoms with Crippen molar-refractivity contribution in [2.75, 3.05) is 0 Å². The van der Waals surface area contributed by atoms with E-state index in [1.165, 1.54) is 6.20 Å². The van der Waals surface area contributed by atoms with E-state index in [1.54, 1.807) is 0 Å². The zero-order valence-corrected chi connectivity index (χ0v) is 7.09. The summed E-state index contributed by atoms with van der Waals surface area (Å²) in [5.74, 6) is -3.74. The van der Waals surface area contributed by atoms with Crippen molar-refractivity contribution in [3.05, 3.63) is 24.0 Å². The molecule has 0 saturated heterocycles. The third-order valence-corrected chi connectivity index (χ3v) is 1.86. The molecule has 0 aliphatic rings. The standard InChI is InChI=1S/C7H5F2NO2S/c8-7(9)13-5-1-4(6(11)12)2-10-3-5/h1-3,7H,(H,11,12). The number of alkyl halides is 2. The lowest BCUT2D eigenvalue weighted by Gasteiger charge is -1.99.